The zero-order valence-corrected chi connectivity index (χ0v) is 20.1. The summed E-state index contributed by atoms with van der Waals surface area (Å²) in [6, 6.07) is 7.74. The molecule has 0 spiro atoms. The Morgan fingerprint density at radius 3 is 2.38 bits per heavy atom. The van der Waals surface area contributed by atoms with Crippen LogP contribution in [-0.2, 0) is 0 Å². The molecule has 0 radical (unpaired) electrons. The van der Waals surface area contributed by atoms with E-state index in [1.807, 2.05) is 49.7 Å². The average molecular weight is 439 g/mol. The first kappa shape index (κ1) is 23.6. The lowest BCUT2D eigenvalue weighted by atomic mass is 9.95. The van der Waals surface area contributed by atoms with Gasteiger partial charge in [0.1, 0.15) is 0 Å². The van der Waals surface area contributed by atoms with E-state index in [4.69, 9.17) is 9.47 Å². The van der Waals surface area contributed by atoms with Crippen LogP contribution in [0.1, 0.15) is 75.2 Å². The molecule has 0 aliphatic carbocycles. The molecule has 1 unspecified atom stereocenters. The van der Waals surface area contributed by atoms with Crippen molar-refractivity contribution in [2.45, 2.75) is 60.5 Å². The fraction of sp³-hybridized carbons (Fsp3) is 0.480. The molecule has 3 rings (SSSR count). The molecule has 3 aromatic rings. The fourth-order valence-corrected chi connectivity index (χ4v) is 3.79. The van der Waals surface area contributed by atoms with Crippen molar-refractivity contribution >= 4 is 16.9 Å². The Kier molecular flexibility index (Phi) is 7.38. The summed E-state index contributed by atoms with van der Waals surface area (Å²) in [7, 11) is 0. The molecule has 172 valence electrons. The summed E-state index contributed by atoms with van der Waals surface area (Å²) in [5.74, 6) is 1.42. The zero-order chi connectivity index (χ0) is 23.4. The third kappa shape index (κ3) is 4.87. The number of rotatable bonds is 9. The second kappa shape index (κ2) is 10.0. The molecule has 2 aromatic heterocycles. The van der Waals surface area contributed by atoms with Gasteiger partial charge in [-0.1, -0.05) is 19.9 Å². The number of nitrogens with one attached hydrogen (secondary N) is 1. The highest BCUT2D eigenvalue weighted by molar-refractivity contribution is 5.98. The Morgan fingerprint density at radius 1 is 1.06 bits per heavy atom. The van der Waals surface area contributed by atoms with Gasteiger partial charge in [-0.3, -0.25) is 4.79 Å². The molecule has 0 saturated carbocycles. The van der Waals surface area contributed by atoms with Gasteiger partial charge in [0.25, 0.3) is 5.91 Å². The molecule has 0 aliphatic heterocycles. The molecule has 1 N–H and O–H groups in total. The Balaban J connectivity index is 1.92. The molecule has 7 nitrogen and oxygen atoms in total. The third-order valence-electron chi connectivity index (χ3n) is 5.37. The Bertz CT molecular complexity index is 1090. The number of hydrogen-bond acceptors (Lipinski definition) is 5. The summed E-state index contributed by atoms with van der Waals surface area (Å²) in [4.78, 5) is 18.0. The number of fused-ring (bicyclic) bond motifs is 1. The highest BCUT2D eigenvalue weighted by Crippen LogP contribution is 2.33. The van der Waals surface area contributed by atoms with Crippen LogP contribution in [0.25, 0.3) is 11.0 Å². The molecule has 0 aliphatic rings. The van der Waals surface area contributed by atoms with Gasteiger partial charge in [0, 0.05) is 11.4 Å². The first-order valence-corrected chi connectivity index (χ1v) is 11.3. The molecular weight excluding hydrogens is 404 g/mol. The SMILES string of the molecule is CCOc1ccc(C(NC(=O)c2cc3cnn(C(C)C)c3nc2C)C(C)C)cc1OCC. The maximum absolute atomic E-state index is 13.3. The van der Waals surface area contributed by atoms with E-state index in [1.54, 1.807) is 6.20 Å². The number of carbonyl (C=O) groups excluding carboxylic acids is 1. The van der Waals surface area contributed by atoms with Gasteiger partial charge >= 0.3 is 0 Å². The van der Waals surface area contributed by atoms with E-state index in [9.17, 15) is 4.79 Å². The minimum absolute atomic E-state index is 0.153. The predicted octanol–water partition coefficient (Wildman–Crippen LogP) is 5.25. The van der Waals surface area contributed by atoms with Crippen molar-refractivity contribution in [2.75, 3.05) is 13.2 Å². The van der Waals surface area contributed by atoms with Crippen LogP contribution in [0.4, 0.5) is 0 Å². The van der Waals surface area contributed by atoms with Gasteiger partial charge in [-0.25, -0.2) is 9.67 Å². The predicted molar refractivity (Wildman–Crippen MR) is 126 cm³/mol. The summed E-state index contributed by atoms with van der Waals surface area (Å²) >= 11 is 0. The van der Waals surface area contributed by atoms with E-state index in [1.165, 1.54) is 0 Å². The van der Waals surface area contributed by atoms with Crippen molar-refractivity contribution in [1.29, 1.82) is 0 Å². The molecule has 1 amide bonds. The molecule has 0 bridgehead atoms. The average Bonchev–Trinajstić information content (AvgIpc) is 3.15. The van der Waals surface area contributed by atoms with Crippen molar-refractivity contribution in [1.82, 2.24) is 20.1 Å². The van der Waals surface area contributed by atoms with Crippen LogP contribution in [0.5, 0.6) is 11.5 Å². The van der Waals surface area contributed by atoms with Crippen LogP contribution >= 0.6 is 0 Å². The number of nitrogens with zero attached hydrogens (tertiary/aromatic N) is 3. The number of ether oxygens (including phenoxy) is 2. The maximum Gasteiger partial charge on any atom is 0.253 e. The van der Waals surface area contributed by atoms with E-state index in [0.29, 0.717) is 36.0 Å². The summed E-state index contributed by atoms with van der Waals surface area (Å²) in [6.45, 7) is 15.1. The van der Waals surface area contributed by atoms with E-state index >= 15 is 0 Å². The summed E-state index contributed by atoms with van der Waals surface area (Å²) < 4.78 is 13.3. The fourth-order valence-electron chi connectivity index (χ4n) is 3.79. The van der Waals surface area contributed by atoms with Crippen LogP contribution in [0.2, 0.25) is 0 Å². The number of benzene rings is 1. The van der Waals surface area contributed by atoms with Gasteiger partial charge in [-0.2, -0.15) is 5.10 Å². The standard InChI is InChI=1S/C25H34N4O3/c1-8-31-21-11-10-18(13-22(21)32-9-2)23(15(3)4)28-25(30)20-12-19-14-26-29(16(5)6)24(19)27-17(20)7/h10-16,23H,8-9H2,1-7H3,(H,28,30). The molecular formula is C25H34N4O3. The van der Waals surface area contributed by atoms with E-state index < -0.39 is 0 Å². The highest BCUT2D eigenvalue weighted by atomic mass is 16.5. The largest absolute Gasteiger partial charge is 0.490 e. The van der Waals surface area contributed by atoms with Crippen LogP contribution < -0.4 is 14.8 Å². The lowest BCUT2D eigenvalue weighted by Gasteiger charge is -2.24. The van der Waals surface area contributed by atoms with E-state index in [-0.39, 0.29) is 23.9 Å². The summed E-state index contributed by atoms with van der Waals surface area (Å²) in [6.07, 6.45) is 1.76. The molecule has 32 heavy (non-hydrogen) atoms. The second-order valence-corrected chi connectivity index (χ2v) is 8.48. The zero-order valence-electron chi connectivity index (χ0n) is 20.1. The van der Waals surface area contributed by atoms with Gasteiger partial charge in [-0.05, 0) is 64.3 Å². The Morgan fingerprint density at radius 2 is 1.75 bits per heavy atom. The van der Waals surface area contributed by atoms with Crippen molar-refractivity contribution in [3.8, 4) is 11.5 Å². The van der Waals surface area contributed by atoms with Crippen molar-refractivity contribution in [3.05, 3.63) is 47.3 Å². The third-order valence-corrected chi connectivity index (χ3v) is 5.37. The number of aromatic nitrogens is 3. The molecule has 1 atom stereocenters. The van der Waals surface area contributed by atoms with Gasteiger partial charge < -0.3 is 14.8 Å². The minimum atomic E-state index is -0.189. The lowest BCUT2D eigenvalue weighted by molar-refractivity contribution is 0.0924. The maximum atomic E-state index is 13.3. The monoisotopic (exact) mass is 438 g/mol. The first-order chi connectivity index (χ1) is 15.3. The van der Waals surface area contributed by atoms with Crippen LogP contribution in [0.3, 0.4) is 0 Å². The minimum Gasteiger partial charge on any atom is -0.490 e. The number of aryl methyl sites for hydroxylation is 1. The van der Waals surface area contributed by atoms with E-state index in [0.717, 1.165) is 16.6 Å². The Labute approximate surface area is 190 Å². The molecule has 0 saturated heterocycles. The topological polar surface area (TPSA) is 78.3 Å². The number of pyridine rings is 1. The normalized spacial score (nSPS) is 12.4. The highest BCUT2D eigenvalue weighted by Gasteiger charge is 2.23. The van der Waals surface area contributed by atoms with Crippen molar-refractivity contribution < 1.29 is 14.3 Å². The van der Waals surface area contributed by atoms with Gasteiger partial charge in [0.05, 0.1) is 36.7 Å². The van der Waals surface area contributed by atoms with Crippen LogP contribution in [0, 0.1) is 12.8 Å². The van der Waals surface area contributed by atoms with Crippen LogP contribution in [-0.4, -0.2) is 33.9 Å². The van der Waals surface area contributed by atoms with Gasteiger partial charge in [0.2, 0.25) is 0 Å². The van der Waals surface area contributed by atoms with Crippen LogP contribution in [0.15, 0.2) is 30.5 Å². The summed E-state index contributed by atoms with van der Waals surface area (Å²) in [5.41, 5.74) is 3.01. The molecule has 0 fully saturated rings. The number of amides is 1. The number of carbonyl (C=O) groups is 1. The molecule has 7 heteroatoms. The smallest absolute Gasteiger partial charge is 0.253 e. The first-order valence-electron chi connectivity index (χ1n) is 11.3. The van der Waals surface area contributed by atoms with Crippen molar-refractivity contribution in [2.24, 2.45) is 5.92 Å². The number of hydrogen-bond donors (Lipinski definition) is 1. The quantitative estimate of drug-likeness (QED) is 0.494. The lowest BCUT2D eigenvalue weighted by Crippen LogP contribution is -2.32. The second-order valence-electron chi connectivity index (χ2n) is 8.48. The van der Waals surface area contributed by atoms with Gasteiger partial charge in [0.15, 0.2) is 17.1 Å². The van der Waals surface area contributed by atoms with Gasteiger partial charge in [-0.15, -0.1) is 0 Å². The van der Waals surface area contributed by atoms with Crippen molar-refractivity contribution in [3.63, 3.8) is 0 Å². The molecule has 2 heterocycles. The van der Waals surface area contributed by atoms with E-state index in [2.05, 4.69) is 43.1 Å². The summed E-state index contributed by atoms with van der Waals surface area (Å²) in [5, 5.41) is 8.48. The Hall–Kier alpha value is -3.09. The molecule has 1 aromatic carbocycles.